The molecule has 0 unspecified atom stereocenters. The summed E-state index contributed by atoms with van der Waals surface area (Å²) in [7, 11) is 0. The van der Waals surface area contributed by atoms with E-state index in [4.69, 9.17) is 0 Å². The standard InChI is InChI=1S/C27H20N4O3/c32-22-11-12-24(25(33)14-22)27(34)31(17-18-4-3-13-28-15-18)21-9-7-19(8-10-21)26-23-6-2-1-5-20(23)16-29-30-26/h1-16,32-33H,17H2. The van der Waals surface area contributed by atoms with Crippen LogP contribution < -0.4 is 4.90 Å². The van der Waals surface area contributed by atoms with Gasteiger partial charge in [-0.15, -0.1) is 5.10 Å². The van der Waals surface area contributed by atoms with E-state index in [1.54, 1.807) is 29.6 Å². The number of fused-ring (bicyclic) bond motifs is 1. The molecule has 0 aliphatic rings. The number of carbonyl (C=O) groups excluding carboxylic acids is 1. The van der Waals surface area contributed by atoms with Crippen molar-refractivity contribution in [3.63, 3.8) is 0 Å². The molecule has 0 saturated heterocycles. The van der Waals surface area contributed by atoms with E-state index < -0.39 is 5.91 Å². The van der Waals surface area contributed by atoms with Gasteiger partial charge in [0.2, 0.25) is 0 Å². The number of hydrogen-bond acceptors (Lipinski definition) is 6. The Morgan fingerprint density at radius 2 is 1.71 bits per heavy atom. The Morgan fingerprint density at radius 3 is 2.47 bits per heavy atom. The first kappa shape index (κ1) is 21.1. The molecule has 0 atom stereocenters. The number of carbonyl (C=O) groups is 1. The minimum absolute atomic E-state index is 0.0886. The van der Waals surface area contributed by atoms with Crippen molar-refractivity contribution < 1.29 is 15.0 Å². The van der Waals surface area contributed by atoms with E-state index in [9.17, 15) is 15.0 Å². The molecular formula is C27H20N4O3. The van der Waals surface area contributed by atoms with Gasteiger partial charge < -0.3 is 15.1 Å². The molecule has 0 aliphatic carbocycles. The van der Waals surface area contributed by atoms with Gasteiger partial charge in [-0.2, -0.15) is 5.10 Å². The highest BCUT2D eigenvalue weighted by Crippen LogP contribution is 2.30. The summed E-state index contributed by atoms with van der Waals surface area (Å²) >= 11 is 0. The molecule has 34 heavy (non-hydrogen) atoms. The highest BCUT2D eigenvalue weighted by Gasteiger charge is 2.22. The van der Waals surface area contributed by atoms with Crippen LogP contribution in [0.25, 0.3) is 22.0 Å². The number of phenolic OH excluding ortho intramolecular Hbond substituents is 2. The summed E-state index contributed by atoms with van der Waals surface area (Å²) in [5.74, 6) is -0.809. The Balaban J connectivity index is 1.54. The summed E-state index contributed by atoms with van der Waals surface area (Å²) in [6.07, 6.45) is 5.09. The number of aromatic nitrogens is 3. The number of amides is 1. The Labute approximate surface area is 195 Å². The molecule has 5 aromatic rings. The number of hydrogen-bond donors (Lipinski definition) is 2. The summed E-state index contributed by atoms with van der Waals surface area (Å²) < 4.78 is 0. The van der Waals surface area contributed by atoms with Crippen LogP contribution in [0.3, 0.4) is 0 Å². The third-order valence-corrected chi connectivity index (χ3v) is 5.54. The van der Waals surface area contributed by atoms with Crippen LogP contribution in [0.4, 0.5) is 5.69 Å². The van der Waals surface area contributed by atoms with Gasteiger partial charge in [-0.1, -0.05) is 42.5 Å². The zero-order valence-electron chi connectivity index (χ0n) is 18.0. The fourth-order valence-electron chi connectivity index (χ4n) is 3.84. The normalized spacial score (nSPS) is 10.8. The molecular weight excluding hydrogens is 428 g/mol. The van der Waals surface area contributed by atoms with E-state index in [-0.39, 0.29) is 23.6 Å². The summed E-state index contributed by atoms with van der Waals surface area (Å²) in [5, 5.41) is 30.3. The predicted octanol–water partition coefficient (Wildman–Crippen LogP) is 4.95. The minimum Gasteiger partial charge on any atom is -0.508 e. The van der Waals surface area contributed by atoms with Gasteiger partial charge in [-0.05, 0) is 35.9 Å². The maximum absolute atomic E-state index is 13.5. The average Bonchev–Trinajstić information content (AvgIpc) is 2.87. The highest BCUT2D eigenvalue weighted by molar-refractivity contribution is 6.08. The number of nitrogens with zero attached hydrogens (tertiary/aromatic N) is 4. The fraction of sp³-hybridized carbons (Fsp3) is 0.0370. The van der Waals surface area contributed by atoms with E-state index in [2.05, 4.69) is 15.2 Å². The van der Waals surface area contributed by atoms with Gasteiger partial charge in [0, 0.05) is 40.5 Å². The molecule has 0 fully saturated rings. The first-order valence-corrected chi connectivity index (χ1v) is 10.6. The first-order chi connectivity index (χ1) is 16.6. The molecule has 2 N–H and O–H groups in total. The van der Waals surface area contributed by atoms with Crippen molar-refractivity contribution in [3.8, 4) is 22.8 Å². The van der Waals surface area contributed by atoms with Gasteiger partial charge in [0.1, 0.15) is 17.2 Å². The lowest BCUT2D eigenvalue weighted by molar-refractivity contribution is 0.0982. The Kier molecular flexibility index (Phi) is 5.58. The SMILES string of the molecule is O=C(c1ccc(O)cc1O)N(Cc1cccnc1)c1ccc(-c2nncc3ccccc23)cc1. The number of aromatic hydroxyl groups is 2. The smallest absolute Gasteiger partial charge is 0.262 e. The van der Waals surface area contributed by atoms with Crippen LogP contribution in [-0.4, -0.2) is 31.3 Å². The molecule has 7 nitrogen and oxygen atoms in total. The second kappa shape index (κ2) is 8.99. The Hall–Kier alpha value is -4.78. The number of phenols is 2. The number of benzene rings is 3. The lowest BCUT2D eigenvalue weighted by atomic mass is 10.0. The van der Waals surface area contributed by atoms with Crippen LogP contribution in [-0.2, 0) is 6.54 Å². The van der Waals surface area contributed by atoms with Crippen LogP contribution in [0.15, 0.2) is 97.5 Å². The van der Waals surface area contributed by atoms with Crippen LogP contribution in [0.2, 0.25) is 0 Å². The van der Waals surface area contributed by atoms with Crippen molar-refractivity contribution in [1.82, 2.24) is 15.2 Å². The predicted molar refractivity (Wildman–Crippen MR) is 129 cm³/mol. The van der Waals surface area contributed by atoms with Crippen LogP contribution in [0, 0.1) is 0 Å². The molecule has 0 aliphatic heterocycles. The molecule has 0 radical (unpaired) electrons. The molecule has 3 aromatic carbocycles. The van der Waals surface area contributed by atoms with Crippen molar-refractivity contribution >= 4 is 22.4 Å². The zero-order valence-corrected chi connectivity index (χ0v) is 18.0. The Bertz CT molecular complexity index is 1470. The van der Waals surface area contributed by atoms with Gasteiger partial charge in [0.05, 0.1) is 18.3 Å². The lowest BCUT2D eigenvalue weighted by Crippen LogP contribution is -2.30. The Morgan fingerprint density at radius 1 is 0.882 bits per heavy atom. The van der Waals surface area contributed by atoms with Crippen molar-refractivity contribution in [2.24, 2.45) is 0 Å². The summed E-state index contributed by atoms with van der Waals surface area (Å²) in [5.41, 5.74) is 3.18. The molecule has 0 saturated carbocycles. The van der Waals surface area contributed by atoms with E-state index in [0.717, 1.165) is 33.7 Å². The maximum atomic E-state index is 13.5. The van der Waals surface area contributed by atoms with Crippen LogP contribution in [0.5, 0.6) is 11.5 Å². The van der Waals surface area contributed by atoms with Crippen molar-refractivity contribution in [1.29, 1.82) is 0 Å². The van der Waals surface area contributed by atoms with E-state index in [0.29, 0.717) is 5.69 Å². The largest absolute Gasteiger partial charge is 0.508 e. The van der Waals surface area contributed by atoms with Crippen molar-refractivity contribution in [3.05, 3.63) is 109 Å². The molecule has 0 bridgehead atoms. The number of anilines is 1. The third kappa shape index (κ3) is 4.14. The maximum Gasteiger partial charge on any atom is 0.262 e. The number of rotatable bonds is 5. The molecule has 2 heterocycles. The van der Waals surface area contributed by atoms with Crippen LogP contribution >= 0.6 is 0 Å². The monoisotopic (exact) mass is 448 g/mol. The van der Waals surface area contributed by atoms with Gasteiger partial charge in [0.25, 0.3) is 5.91 Å². The topological polar surface area (TPSA) is 99.4 Å². The third-order valence-electron chi connectivity index (χ3n) is 5.54. The van der Waals surface area contributed by atoms with Gasteiger partial charge in [-0.25, -0.2) is 0 Å². The summed E-state index contributed by atoms with van der Waals surface area (Å²) in [6, 6.07) is 23.0. The summed E-state index contributed by atoms with van der Waals surface area (Å²) in [4.78, 5) is 19.2. The molecule has 2 aromatic heterocycles. The quantitative estimate of drug-likeness (QED) is 0.395. The van der Waals surface area contributed by atoms with Crippen LogP contribution in [0.1, 0.15) is 15.9 Å². The molecule has 7 heteroatoms. The number of pyridine rings is 1. The van der Waals surface area contributed by atoms with E-state index >= 15 is 0 Å². The van der Waals surface area contributed by atoms with Gasteiger partial charge in [-0.3, -0.25) is 9.78 Å². The molecule has 1 amide bonds. The van der Waals surface area contributed by atoms with E-state index in [1.807, 2.05) is 54.6 Å². The second-order valence-corrected chi connectivity index (χ2v) is 7.78. The molecule has 5 rings (SSSR count). The highest BCUT2D eigenvalue weighted by atomic mass is 16.3. The van der Waals surface area contributed by atoms with Crippen molar-refractivity contribution in [2.75, 3.05) is 4.90 Å². The average molecular weight is 448 g/mol. The minimum atomic E-state index is -0.404. The first-order valence-electron chi connectivity index (χ1n) is 10.6. The van der Waals surface area contributed by atoms with Crippen molar-refractivity contribution in [2.45, 2.75) is 6.54 Å². The summed E-state index contributed by atoms with van der Waals surface area (Å²) in [6.45, 7) is 0.250. The second-order valence-electron chi connectivity index (χ2n) is 7.78. The zero-order chi connectivity index (χ0) is 23.5. The molecule has 0 spiro atoms. The lowest BCUT2D eigenvalue weighted by Gasteiger charge is -2.24. The van der Waals surface area contributed by atoms with Gasteiger partial charge in [0.15, 0.2) is 0 Å². The van der Waals surface area contributed by atoms with E-state index in [1.165, 1.54) is 12.1 Å². The molecule has 166 valence electrons. The fourth-order valence-corrected chi connectivity index (χ4v) is 3.84. The van der Waals surface area contributed by atoms with Gasteiger partial charge >= 0.3 is 0 Å².